The molecule has 0 bridgehead atoms. The van der Waals surface area contributed by atoms with Gasteiger partial charge in [0.05, 0.1) is 26.0 Å². The van der Waals surface area contributed by atoms with E-state index in [0.717, 1.165) is 43.1 Å². The van der Waals surface area contributed by atoms with E-state index in [1.54, 1.807) is 6.20 Å². The summed E-state index contributed by atoms with van der Waals surface area (Å²) in [7, 11) is 0. The average Bonchev–Trinajstić information content (AvgIpc) is 2.81. The number of nitrogens with zero attached hydrogens (tertiary/aromatic N) is 2. The number of hydrogen-bond acceptors (Lipinski definition) is 3. The lowest BCUT2D eigenvalue weighted by Crippen LogP contribution is -2.84. The van der Waals surface area contributed by atoms with Crippen LogP contribution < -0.4 is 10.6 Å². The zero-order chi connectivity index (χ0) is 14.9. The summed E-state index contributed by atoms with van der Waals surface area (Å²) in [6.45, 7) is 3.62. The quantitative estimate of drug-likeness (QED) is 0.434. The maximum absolute atomic E-state index is 11.9. The Bertz CT molecular complexity index is 508. The molecule has 0 saturated carbocycles. The van der Waals surface area contributed by atoms with Gasteiger partial charge in [-0.2, -0.15) is 0 Å². The molecule has 1 fully saturated rings. The second-order valence-corrected chi connectivity index (χ2v) is 5.30. The Morgan fingerprint density at radius 2 is 2.10 bits per heavy atom. The van der Waals surface area contributed by atoms with E-state index in [-0.39, 0.29) is 6.03 Å². The second-order valence-electron chi connectivity index (χ2n) is 4.81. The number of nitrogens with one attached hydrogen (secondary N) is 1. The number of carbonyl (C=O) groups is 1. The highest BCUT2D eigenvalue weighted by Crippen LogP contribution is 2.16. The highest BCUT2D eigenvalue weighted by molar-refractivity contribution is 7.90. The van der Waals surface area contributed by atoms with E-state index in [2.05, 4.69) is 28.3 Å². The minimum atomic E-state index is -0.0946. The Labute approximate surface area is 130 Å². The van der Waals surface area contributed by atoms with E-state index >= 15 is 0 Å². The lowest BCUT2D eigenvalue weighted by Gasteiger charge is -2.17. The number of benzene rings is 1. The van der Waals surface area contributed by atoms with E-state index in [1.807, 2.05) is 35.2 Å². The molecule has 0 atom stereocenters. The molecule has 0 aromatic heterocycles. The standard InChI is InChI=1S/C15H20N4OS/c20-15(19-9-4-7-16-8-10-19)18-12-17-11-14(21)13-5-2-1-3-6-13/h1-3,5-6,11-12,16,21H,4,7-10H2,(H,17,18,20)/p+1/b14-11-. The topological polar surface area (TPSA) is 61.3 Å². The second kappa shape index (κ2) is 8.49. The van der Waals surface area contributed by atoms with Gasteiger partial charge >= 0.3 is 6.03 Å². The van der Waals surface area contributed by atoms with Gasteiger partial charge in [0.2, 0.25) is 0 Å². The number of carbonyl (C=O) groups excluding carboxylic acids is 1. The molecule has 2 rings (SSSR count). The molecule has 21 heavy (non-hydrogen) atoms. The molecule has 2 amide bonds. The van der Waals surface area contributed by atoms with Gasteiger partial charge in [-0.15, -0.1) is 12.6 Å². The fourth-order valence-electron chi connectivity index (χ4n) is 2.11. The summed E-state index contributed by atoms with van der Waals surface area (Å²) in [5.74, 6) is 0. The number of thiol groups is 1. The molecule has 0 spiro atoms. The van der Waals surface area contributed by atoms with Gasteiger partial charge in [0.15, 0.2) is 0 Å². The van der Waals surface area contributed by atoms with E-state index < -0.39 is 0 Å². The van der Waals surface area contributed by atoms with Crippen LogP contribution in [0.2, 0.25) is 0 Å². The van der Waals surface area contributed by atoms with Crippen molar-refractivity contribution in [1.82, 2.24) is 10.2 Å². The minimum absolute atomic E-state index is 0.0946. The van der Waals surface area contributed by atoms with E-state index in [1.165, 1.54) is 6.34 Å². The first kappa shape index (κ1) is 15.6. The van der Waals surface area contributed by atoms with Crippen molar-refractivity contribution in [2.24, 2.45) is 4.99 Å². The van der Waals surface area contributed by atoms with E-state index in [0.29, 0.717) is 0 Å². The highest BCUT2D eigenvalue weighted by atomic mass is 32.1. The van der Waals surface area contributed by atoms with Crippen molar-refractivity contribution >= 4 is 29.9 Å². The number of nitrogens with two attached hydrogens (primary N) is 1. The number of rotatable bonds is 3. The van der Waals surface area contributed by atoms with Gasteiger partial charge in [-0.3, -0.25) is 5.32 Å². The molecule has 112 valence electrons. The van der Waals surface area contributed by atoms with Gasteiger partial charge in [0.1, 0.15) is 0 Å². The summed E-state index contributed by atoms with van der Waals surface area (Å²) in [6, 6.07) is 9.67. The summed E-state index contributed by atoms with van der Waals surface area (Å²) in [4.78, 5) is 18.6. The molecule has 0 radical (unpaired) electrons. The lowest BCUT2D eigenvalue weighted by molar-refractivity contribution is -0.651. The first-order valence-electron chi connectivity index (χ1n) is 7.10. The van der Waals surface area contributed by atoms with Crippen molar-refractivity contribution in [2.75, 3.05) is 26.2 Å². The minimum Gasteiger partial charge on any atom is -0.345 e. The molecular formula is C15H21N4OS+. The number of quaternary nitrogens is 1. The first-order chi connectivity index (χ1) is 10.3. The van der Waals surface area contributed by atoms with Gasteiger partial charge in [0, 0.05) is 24.1 Å². The van der Waals surface area contributed by atoms with Crippen LogP contribution in [0.5, 0.6) is 0 Å². The van der Waals surface area contributed by atoms with Crippen LogP contribution in [0, 0.1) is 0 Å². The summed E-state index contributed by atoms with van der Waals surface area (Å²) in [6.07, 6.45) is 4.06. The average molecular weight is 305 g/mol. The van der Waals surface area contributed by atoms with Crippen molar-refractivity contribution in [3.63, 3.8) is 0 Å². The molecule has 0 aliphatic carbocycles. The highest BCUT2D eigenvalue weighted by Gasteiger charge is 2.15. The van der Waals surface area contributed by atoms with Crippen LogP contribution in [-0.2, 0) is 0 Å². The molecule has 1 saturated heterocycles. The summed E-state index contributed by atoms with van der Waals surface area (Å²) < 4.78 is 0. The van der Waals surface area contributed by atoms with Crippen molar-refractivity contribution in [3.05, 3.63) is 42.1 Å². The zero-order valence-corrected chi connectivity index (χ0v) is 12.8. The third kappa shape index (κ3) is 5.24. The Hall–Kier alpha value is -1.79. The molecule has 1 aliphatic rings. The normalized spacial score (nSPS) is 16.8. The van der Waals surface area contributed by atoms with Crippen LogP contribution in [0.4, 0.5) is 4.79 Å². The van der Waals surface area contributed by atoms with Crippen molar-refractivity contribution in [3.8, 4) is 0 Å². The first-order valence-corrected chi connectivity index (χ1v) is 7.55. The van der Waals surface area contributed by atoms with Crippen LogP contribution >= 0.6 is 12.6 Å². The van der Waals surface area contributed by atoms with E-state index in [9.17, 15) is 4.79 Å². The van der Waals surface area contributed by atoms with Crippen LogP contribution in [0.3, 0.4) is 0 Å². The summed E-state index contributed by atoms with van der Waals surface area (Å²) in [5, 5.41) is 4.92. The molecule has 1 aromatic rings. The molecule has 5 nitrogen and oxygen atoms in total. The number of hydrogen-bond donors (Lipinski definition) is 3. The molecule has 6 heteroatoms. The molecular weight excluding hydrogens is 284 g/mol. The van der Waals surface area contributed by atoms with Gasteiger partial charge < -0.3 is 10.2 Å². The maximum atomic E-state index is 11.9. The van der Waals surface area contributed by atoms with Crippen molar-refractivity contribution in [2.45, 2.75) is 6.42 Å². The van der Waals surface area contributed by atoms with Crippen LogP contribution in [0.1, 0.15) is 12.0 Å². The lowest BCUT2D eigenvalue weighted by atomic mass is 10.2. The summed E-state index contributed by atoms with van der Waals surface area (Å²) >= 11 is 4.38. The molecule has 1 aliphatic heterocycles. The van der Waals surface area contributed by atoms with E-state index in [4.69, 9.17) is 0 Å². The number of urea groups is 1. The maximum Gasteiger partial charge on any atom is 0.322 e. The summed E-state index contributed by atoms with van der Waals surface area (Å²) in [5.41, 5.74) is 0.993. The predicted molar refractivity (Wildman–Crippen MR) is 88.3 cm³/mol. The molecule has 3 N–H and O–H groups in total. The van der Waals surface area contributed by atoms with Crippen LogP contribution in [0.25, 0.3) is 4.91 Å². The third-order valence-corrected chi connectivity index (χ3v) is 3.63. The molecule has 1 aromatic carbocycles. The number of amides is 2. The van der Waals surface area contributed by atoms with Crippen molar-refractivity contribution < 1.29 is 10.1 Å². The molecule has 1 heterocycles. The van der Waals surface area contributed by atoms with Crippen molar-refractivity contribution in [1.29, 1.82) is 0 Å². The molecule has 0 unspecified atom stereocenters. The number of aliphatic imine (C=N–C) groups is 1. The van der Waals surface area contributed by atoms with Gasteiger partial charge in [-0.1, -0.05) is 30.3 Å². The zero-order valence-electron chi connectivity index (χ0n) is 11.9. The van der Waals surface area contributed by atoms with Crippen LogP contribution in [0.15, 0.2) is 41.5 Å². The fourth-order valence-corrected chi connectivity index (χ4v) is 2.32. The smallest absolute Gasteiger partial charge is 0.322 e. The van der Waals surface area contributed by atoms with Gasteiger partial charge in [-0.25, -0.2) is 9.79 Å². The van der Waals surface area contributed by atoms with Gasteiger partial charge in [0.25, 0.3) is 0 Å². The SMILES string of the molecule is O=C(NC=N/C=C(\S)c1ccccc1)N1CCC[NH2+]CC1. The van der Waals surface area contributed by atoms with Crippen LogP contribution in [-0.4, -0.2) is 43.4 Å². The largest absolute Gasteiger partial charge is 0.345 e. The predicted octanol–water partition coefficient (Wildman–Crippen LogP) is 0.922. The van der Waals surface area contributed by atoms with Gasteiger partial charge in [-0.05, 0) is 5.56 Å². The Kier molecular flexibility index (Phi) is 6.30. The fraction of sp³-hybridized carbons (Fsp3) is 0.333. The third-order valence-electron chi connectivity index (χ3n) is 3.26. The Morgan fingerprint density at radius 1 is 1.29 bits per heavy atom. The Morgan fingerprint density at radius 3 is 2.90 bits per heavy atom. The Balaban J connectivity index is 1.83. The monoisotopic (exact) mass is 305 g/mol.